The van der Waals surface area contributed by atoms with Gasteiger partial charge >= 0.3 is 5.97 Å². The standard InChI is InChI=1S/C21H26N8O4/c1-13-9-21(20(32)29(13)16-11-33-19(31)14(16)2)5-7-27(8-6-21)10-17(30)15-3-4-18(24-23-15)28-12-22-25-26-28/h3-4,12-13,17,30H,5-11H2,1-2H3/t13?,17-/m0/s1. The van der Waals surface area contributed by atoms with Crippen molar-refractivity contribution in [3.8, 4) is 5.82 Å². The molecule has 1 amide bonds. The molecule has 5 rings (SSSR count). The third kappa shape index (κ3) is 3.78. The van der Waals surface area contributed by atoms with Crippen LogP contribution in [0.2, 0.25) is 0 Å². The molecule has 3 aliphatic rings. The summed E-state index contributed by atoms with van der Waals surface area (Å²) in [7, 11) is 0. The fourth-order valence-corrected chi connectivity index (χ4v) is 5.13. The lowest BCUT2D eigenvalue weighted by molar-refractivity contribution is -0.139. The van der Waals surface area contributed by atoms with Crippen molar-refractivity contribution < 1.29 is 19.4 Å². The Morgan fingerprint density at radius 3 is 2.64 bits per heavy atom. The molecular weight excluding hydrogens is 428 g/mol. The summed E-state index contributed by atoms with van der Waals surface area (Å²) < 4.78 is 6.52. The molecule has 12 heteroatoms. The number of aromatic nitrogens is 6. The number of tetrazole rings is 1. The molecule has 0 saturated carbocycles. The number of aliphatic hydroxyl groups excluding tert-OH is 1. The molecule has 2 aromatic rings. The maximum atomic E-state index is 13.4. The van der Waals surface area contributed by atoms with Crippen LogP contribution in [-0.2, 0) is 14.3 Å². The van der Waals surface area contributed by atoms with E-state index in [1.165, 1.54) is 11.0 Å². The monoisotopic (exact) mass is 454 g/mol. The van der Waals surface area contributed by atoms with Gasteiger partial charge in [0.05, 0.1) is 22.4 Å². The van der Waals surface area contributed by atoms with E-state index in [-0.39, 0.29) is 24.5 Å². The molecule has 0 radical (unpaired) electrons. The normalized spacial score (nSPS) is 24.1. The topological polar surface area (TPSA) is 139 Å². The molecule has 3 aliphatic heterocycles. The van der Waals surface area contributed by atoms with Gasteiger partial charge in [-0.1, -0.05) is 0 Å². The maximum Gasteiger partial charge on any atom is 0.336 e. The number of nitrogens with zero attached hydrogens (tertiary/aromatic N) is 8. The van der Waals surface area contributed by atoms with Crippen molar-refractivity contribution in [1.29, 1.82) is 0 Å². The molecule has 2 atom stereocenters. The smallest absolute Gasteiger partial charge is 0.336 e. The van der Waals surface area contributed by atoms with E-state index in [4.69, 9.17) is 4.74 Å². The van der Waals surface area contributed by atoms with Gasteiger partial charge in [-0.2, -0.15) is 9.78 Å². The van der Waals surface area contributed by atoms with Crippen molar-refractivity contribution in [1.82, 2.24) is 40.2 Å². The van der Waals surface area contributed by atoms with E-state index in [0.29, 0.717) is 55.3 Å². The van der Waals surface area contributed by atoms with E-state index in [1.54, 1.807) is 24.0 Å². The molecule has 174 valence electrons. The third-order valence-corrected chi connectivity index (χ3v) is 7.01. The number of likely N-dealkylation sites (tertiary alicyclic amines) is 2. The largest absolute Gasteiger partial charge is 0.456 e. The van der Waals surface area contributed by atoms with Crippen molar-refractivity contribution in [2.75, 3.05) is 26.2 Å². The number of aliphatic hydroxyl groups is 1. The Bertz CT molecular complexity index is 1080. The van der Waals surface area contributed by atoms with Crippen LogP contribution >= 0.6 is 0 Å². The Kier molecular flexibility index (Phi) is 5.41. The summed E-state index contributed by atoms with van der Waals surface area (Å²) in [6, 6.07) is 3.44. The zero-order valence-electron chi connectivity index (χ0n) is 18.6. The molecule has 12 nitrogen and oxygen atoms in total. The Hall–Kier alpha value is -3.25. The van der Waals surface area contributed by atoms with E-state index in [9.17, 15) is 14.7 Å². The van der Waals surface area contributed by atoms with E-state index in [2.05, 4.69) is 30.6 Å². The van der Waals surface area contributed by atoms with Crippen molar-refractivity contribution in [3.05, 3.63) is 35.4 Å². The minimum Gasteiger partial charge on any atom is -0.456 e. The number of carbonyl (C=O) groups is 2. The zero-order chi connectivity index (χ0) is 23.2. The first-order valence-corrected chi connectivity index (χ1v) is 11.1. The van der Waals surface area contributed by atoms with Gasteiger partial charge in [-0.05, 0) is 68.8 Å². The van der Waals surface area contributed by atoms with Gasteiger partial charge in [0.25, 0.3) is 0 Å². The van der Waals surface area contributed by atoms with Crippen LogP contribution in [0.25, 0.3) is 5.82 Å². The summed E-state index contributed by atoms with van der Waals surface area (Å²) >= 11 is 0. The Labute approximate surface area is 190 Å². The molecule has 0 aromatic carbocycles. The average Bonchev–Trinajstić information content (AvgIpc) is 3.52. The van der Waals surface area contributed by atoms with Gasteiger partial charge in [-0.25, -0.2) is 4.79 Å². The highest BCUT2D eigenvalue weighted by Crippen LogP contribution is 2.46. The van der Waals surface area contributed by atoms with Crippen molar-refractivity contribution in [2.45, 2.75) is 45.3 Å². The highest BCUT2D eigenvalue weighted by atomic mass is 16.5. The Morgan fingerprint density at radius 2 is 2.03 bits per heavy atom. The number of amides is 1. The van der Waals surface area contributed by atoms with Crippen LogP contribution in [0, 0.1) is 5.41 Å². The summed E-state index contributed by atoms with van der Waals surface area (Å²) in [5.74, 6) is 0.213. The summed E-state index contributed by atoms with van der Waals surface area (Å²) in [5.41, 5.74) is 1.28. The summed E-state index contributed by atoms with van der Waals surface area (Å²) in [5, 5.41) is 29.7. The maximum absolute atomic E-state index is 13.4. The van der Waals surface area contributed by atoms with Gasteiger partial charge in [0.2, 0.25) is 5.91 Å². The minimum atomic E-state index is -0.793. The number of ether oxygens (including phenoxy) is 1. The van der Waals surface area contributed by atoms with Crippen LogP contribution in [0.3, 0.4) is 0 Å². The number of rotatable bonds is 5. The third-order valence-electron chi connectivity index (χ3n) is 7.01. The lowest BCUT2D eigenvalue weighted by Gasteiger charge is -2.38. The second-order valence-electron chi connectivity index (χ2n) is 9.04. The van der Waals surface area contributed by atoms with Crippen LogP contribution in [0.15, 0.2) is 29.7 Å². The quantitative estimate of drug-likeness (QED) is 0.615. The summed E-state index contributed by atoms with van der Waals surface area (Å²) in [4.78, 5) is 29.2. The lowest BCUT2D eigenvalue weighted by atomic mass is 9.76. The van der Waals surface area contributed by atoms with Gasteiger partial charge < -0.3 is 19.6 Å². The summed E-state index contributed by atoms with van der Waals surface area (Å²) in [6.07, 6.45) is 2.82. The molecule has 2 aromatic heterocycles. The Morgan fingerprint density at radius 1 is 1.24 bits per heavy atom. The average molecular weight is 454 g/mol. The van der Waals surface area contributed by atoms with Crippen molar-refractivity contribution in [2.24, 2.45) is 5.41 Å². The van der Waals surface area contributed by atoms with Crippen LogP contribution in [0.4, 0.5) is 0 Å². The molecule has 2 fully saturated rings. The highest BCUT2D eigenvalue weighted by molar-refractivity contribution is 5.94. The van der Waals surface area contributed by atoms with Gasteiger partial charge in [-0.3, -0.25) is 4.79 Å². The minimum absolute atomic E-state index is 0.0306. The Balaban J connectivity index is 1.20. The predicted molar refractivity (Wildman–Crippen MR) is 112 cm³/mol. The fraction of sp³-hybridized carbons (Fsp3) is 0.571. The molecule has 0 bridgehead atoms. The van der Waals surface area contributed by atoms with Crippen LogP contribution < -0.4 is 0 Å². The van der Waals surface area contributed by atoms with E-state index in [1.807, 2.05) is 6.92 Å². The number of esters is 1. The fourth-order valence-electron chi connectivity index (χ4n) is 5.13. The van der Waals surface area contributed by atoms with Gasteiger partial charge in [0, 0.05) is 12.6 Å². The first-order chi connectivity index (χ1) is 15.9. The second kappa shape index (κ2) is 8.27. The van der Waals surface area contributed by atoms with Gasteiger partial charge in [0.15, 0.2) is 5.82 Å². The van der Waals surface area contributed by atoms with Crippen LogP contribution in [0.5, 0.6) is 0 Å². The number of hydrogen-bond acceptors (Lipinski definition) is 10. The number of β-amino-alcohol motifs (C(OH)–C–C–N with tert-alkyl or cyclic N) is 1. The van der Waals surface area contributed by atoms with Gasteiger partial charge in [-0.15, -0.1) is 10.2 Å². The van der Waals surface area contributed by atoms with Crippen LogP contribution in [-0.4, -0.2) is 89.5 Å². The van der Waals surface area contributed by atoms with Gasteiger partial charge in [0.1, 0.15) is 19.0 Å². The first-order valence-electron chi connectivity index (χ1n) is 11.1. The molecule has 33 heavy (non-hydrogen) atoms. The number of hydrogen-bond donors (Lipinski definition) is 1. The molecule has 1 unspecified atom stereocenters. The SMILES string of the molecule is CC1=C(N2C(=O)C3(CCN(C[C@H](O)c4ccc(-n5cnnn5)nn4)CC3)CC2C)COC1=O. The molecule has 1 N–H and O–H groups in total. The zero-order valence-corrected chi connectivity index (χ0v) is 18.6. The molecule has 2 saturated heterocycles. The molecular formula is C21H26N8O4. The predicted octanol–water partition coefficient (Wildman–Crippen LogP) is 0.0195. The number of piperidine rings is 1. The molecule has 1 spiro atoms. The van der Waals surface area contributed by atoms with E-state index < -0.39 is 11.5 Å². The highest BCUT2D eigenvalue weighted by Gasteiger charge is 2.53. The van der Waals surface area contributed by atoms with Crippen molar-refractivity contribution >= 4 is 11.9 Å². The van der Waals surface area contributed by atoms with E-state index in [0.717, 1.165) is 6.42 Å². The van der Waals surface area contributed by atoms with Crippen LogP contribution in [0.1, 0.15) is 44.9 Å². The van der Waals surface area contributed by atoms with Crippen molar-refractivity contribution in [3.63, 3.8) is 0 Å². The first kappa shape index (κ1) is 21.6. The lowest BCUT2D eigenvalue weighted by Crippen LogP contribution is -2.45. The number of carbonyl (C=O) groups excluding carboxylic acids is 2. The second-order valence-corrected chi connectivity index (χ2v) is 9.04. The number of cyclic esters (lactones) is 1. The molecule has 0 aliphatic carbocycles. The molecule has 5 heterocycles. The van der Waals surface area contributed by atoms with E-state index >= 15 is 0 Å². The summed E-state index contributed by atoms with van der Waals surface area (Å²) in [6.45, 7) is 5.73.